The lowest BCUT2D eigenvalue weighted by molar-refractivity contribution is 0.180. The van der Waals surface area contributed by atoms with Crippen LogP contribution in [0.25, 0.3) is 0 Å². The smallest absolute Gasteiger partial charge is 0.124 e. The van der Waals surface area contributed by atoms with Gasteiger partial charge in [-0.15, -0.1) is 0 Å². The number of ether oxygens (including phenoxy) is 1. The zero-order valence-corrected chi connectivity index (χ0v) is 13.0. The first-order chi connectivity index (χ1) is 9.85. The molecule has 1 saturated carbocycles. The van der Waals surface area contributed by atoms with Crippen molar-refractivity contribution in [2.24, 2.45) is 0 Å². The Morgan fingerprint density at radius 3 is 2.45 bits per heavy atom. The maximum Gasteiger partial charge on any atom is 0.124 e. The molecular weight excluding hydrogens is 246 g/mol. The largest absolute Gasteiger partial charge is 0.490 e. The number of para-hydroxylation sites is 1. The first-order valence-electron chi connectivity index (χ1n) is 8.34. The molecule has 1 unspecified atom stereocenters. The highest BCUT2D eigenvalue weighted by molar-refractivity contribution is 5.36. The second-order valence-corrected chi connectivity index (χ2v) is 5.79. The fraction of sp³-hybridized carbons (Fsp3) is 0.667. The first kappa shape index (κ1) is 15.4. The van der Waals surface area contributed by atoms with Crippen molar-refractivity contribution in [3.05, 3.63) is 29.8 Å². The van der Waals surface area contributed by atoms with Gasteiger partial charge in [0.05, 0.1) is 6.10 Å². The summed E-state index contributed by atoms with van der Waals surface area (Å²) in [5.41, 5.74) is 1.32. The molecule has 0 saturated heterocycles. The van der Waals surface area contributed by atoms with Gasteiger partial charge in [-0.05, 0) is 44.7 Å². The van der Waals surface area contributed by atoms with Crippen LogP contribution in [0.4, 0.5) is 0 Å². The average molecular weight is 275 g/mol. The van der Waals surface area contributed by atoms with Crippen LogP contribution < -0.4 is 10.1 Å². The minimum atomic E-state index is 0.405. The normalized spacial score (nSPS) is 18.5. The molecule has 0 aromatic heterocycles. The molecule has 1 aromatic rings. The average Bonchev–Trinajstić information content (AvgIpc) is 2.74. The second-order valence-electron chi connectivity index (χ2n) is 5.79. The molecule has 1 N–H and O–H groups in total. The molecule has 1 aliphatic rings. The van der Waals surface area contributed by atoms with E-state index in [-0.39, 0.29) is 0 Å². The number of nitrogens with one attached hydrogen (secondary N) is 1. The van der Waals surface area contributed by atoms with Gasteiger partial charge in [0.15, 0.2) is 0 Å². The molecule has 1 aromatic carbocycles. The SMILES string of the molecule is CCNC(CC)c1ccccc1OC1CCCCCC1. The highest BCUT2D eigenvalue weighted by Gasteiger charge is 2.18. The fourth-order valence-electron chi connectivity index (χ4n) is 3.14. The van der Waals surface area contributed by atoms with Crippen molar-refractivity contribution >= 4 is 0 Å². The molecule has 1 atom stereocenters. The van der Waals surface area contributed by atoms with Crippen LogP contribution in [0, 0.1) is 0 Å². The predicted octanol–water partition coefficient (Wildman–Crippen LogP) is 4.85. The molecule has 0 radical (unpaired) electrons. The molecule has 112 valence electrons. The van der Waals surface area contributed by atoms with Gasteiger partial charge in [-0.3, -0.25) is 0 Å². The van der Waals surface area contributed by atoms with E-state index in [9.17, 15) is 0 Å². The zero-order chi connectivity index (χ0) is 14.2. The van der Waals surface area contributed by atoms with Gasteiger partial charge in [0.1, 0.15) is 5.75 Å². The molecule has 20 heavy (non-hydrogen) atoms. The molecule has 0 spiro atoms. The summed E-state index contributed by atoms with van der Waals surface area (Å²) in [5, 5.41) is 3.56. The number of benzene rings is 1. The Balaban J connectivity index is 2.09. The van der Waals surface area contributed by atoms with Crippen LogP contribution in [0.1, 0.15) is 70.4 Å². The second kappa shape index (κ2) is 8.31. The third kappa shape index (κ3) is 4.24. The predicted molar refractivity (Wildman–Crippen MR) is 85.3 cm³/mol. The van der Waals surface area contributed by atoms with Crippen LogP contribution in [-0.4, -0.2) is 12.6 Å². The number of rotatable bonds is 6. The molecule has 1 aliphatic carbocycles. The van der Waals surface area contributed by atoms with Crippen molar-refractivity contribution in [2.75, 3.05) is 6.54 Å². The van der Waals surface area contributed by atoms with Crippen molar-refractivity contribution < 1.29 is 4.74 Å². The van der Waals surface area contributed by atoms with E-state index in [2.05, 4.69) is 43.4 Å². The maximum absolute atomic E-state index is 6.36. The van der Waals surface area contributed by atoms with E-state index >= 15 is 0 Å². The van der Waals surface area contributed by atoms with Crippen molar-refractivity contribution in [1.29, 1.82) is 0 Å². The third-order valence-corrected chi connectivity index (χ3v) is 4.25. The fourth-order valence-corrected chi connectivity index (χ4v) is 3.14. The third-order valence-electron chi connectivity index (χ3n) is 4.25. The summed E-state index contributed by atoms with van der Waals surface area (Å²) in [4.78, 5) is 0. The van der Waals surface area contributed by atoms with Crippen LogP contribution in [0.15, 0.2) is 24.3 Å². The summed E-state index contributed by atoms with van der Waals surface area (Å²) in [6, 6.07) is 8.97. The summed E-state index contributed by atoms with van der Waals surface area (Å²) in [6.45, 7) is 5.39. The minimum absolute atomic E-state index is 0.405. The molecule has 0 heterocycles. The zero-order valence-electron chi connectivity index (χ0n) is 13.0. The van der Waals surface area contributed by atoms with Crippen molar-refractivity contribution in [3.63, 3.8) is 0 Å². The van der Waals surface area contributed by atoms with Crippen LogP contribution in [-0.2, 0) is 0 Å². The highest BCUT2D eigenvalue weighted by atomic mass is 16.5. The standard InChI is InChI=1S/C18H29NO/c1-3-17(19-4-2)16-13-9-10-14-18(16)20-15-11-7-5-6-8-12-15/h9-10,13-15,17,19H,3-8,11-12H2,1-2H3. The van der Waals surface area contributed by atoms with Gasteiger partial charge in [-0.2, -0.15) is 0 Å². The lowest BCUT2D eigenvalue weighted by atomic mass is 10.0. The molecule has 2 nitrogen and oxygen atoms in total. The monoisotopic (exact) mass is 275 g/mol. The van der Waals surface area contributed by atoms with E-state index in [0.29, 0.717) is 12.1 Å². The summed E-state index contributed by atoms with van der Waals surface area (Å²) in [6.07, 6.45) is 9.32. The number of hydrogen-bond acceptors (Lipinski definition) is 2. The van der Waals surface area contributed by atoms with Gasteiger partial charge in [0.25, 0.3) is 0 Å². The van der Waals surface area contributed by atoms with Gasteiger partial charge in [-0.1, -0.05) is 44.9 Å². The quantitative estimate of drug-likeness (QED) is 0.749. The topological polar surface area (TPSA) is 21.3 Å². The first-order valence-corrected chi connectivity index (χ1v) is 8.34. The minimum Gasteiger partial charge on any atom is -0.490 e. The molecule has 1 fully saturated rings. The maximum atomic E-state index is 6.36. The molecule has 2 heteroatoms. The molecule has 0 aliphatic heterocycles. The van der Waals surface area contributed by atoms with E-state index in [4.69, 9.17) is 4.74 Å². The summed E-state index contributed by atoms with van der Waals surface area (Å²) in [5.74, 6) is 1.09. The Morgan fingerprint density at radius 2 is 1.80 bits per heavy atom. The van der Waals surface area contributed by atoms with Crippen LogP contribution >= 0.6 is 0 Å². The summed E-state index contributed by atoms with van der Waals surface area (Å²) < 4.78 is 6.36. The molecule has 0 amide bonds. The van der Waals surface area contributed by atoms with E-state index in [1.54, 1.807) is 0 Å². The van der Waals surface area contributed by atoms with Gasteiger partial charge >= 0.3 is 0 Å². The van der Waals surface area contributed by atoms with E-state index in [1.165, 1.54) is 44.1 Å². The lowest BCUT2D eigenvalue weighted by Gasteiger charge is -2.23. The van der Waals surface area contributed by atoms with Crippen LogP contribution in [0.5, 0.6) is 5.75 Å². The Hall–Kier alpha value is -1.02. The Labute approximate surface area is 123 Å². The Kier molecular flexibility index (Phi) is 6.38. The Bertz CT molecular complexity index is 383. The summed E-state index contributed by atoms with van der Waals surface area (Å²) >= 11 is 0. The van der Waals surface area contributed by atoms with Crippen LogP contribution in [0.2, 0.25) is 0 Å². The summed E-state index contributed by atoms with van der Waals surface area (Å²) in [7, 11) is 0. The highest BCUT2D eigenvalue weighted by Crippen LogP contribution is 2.30. The van der Waals surface area contributed by atoms with Crippen molar-refractivity contribution in [1.82, 2.24) is 5.32 Å². The lowest BCUT2D eigenvalue weighted by Crippen LogP contribution is -2.22. The van der Waals surface area contributed by atoms with E-state index < -0.39 is 0 Å². The number of hydrogen-bond donors (Lipinski definition) is 1. The van der Waals surface area contributed by atoms with Crippen molar-refractivity contribution in [3.8, 4) is 5.75 Å². The molecular formula is C18H29NO. The van der Waals surface area contributed by atoms with E-state index in [0.717, 1.165) is 18.7 Å². The van der Waals surface area contributed by atoms with Crippen LogP contribution in [0.3, 0.4) is 0 Å². The molecule has 2 rings (SSSR count). The van der Waals surface area contributed by atoms with Gasteiger partial charge in [0.2, 0.25) is 0 Å². The van der Waals surface area contributed by atoms with Gasteiger partial charge in [0, 0.05) is 11.6 Å². The van der Waals surface area contributed by atoms with Crippen molar-refractivity contribution in [2.45, 2.75) is 70.9 Å². The van der Waals surface area contributed by atoms with Gasteiger partial charge in [-0.25, -0.2) is 0 Å². The molecule has 0 bridgehead atoms. The van der Waals surface area contributed by atoms with Gasteiger partial charge < -0.3 is 10.1 Å². The van der Waals surface area contributed by atoms with E-state index in [1.807, 2.05) is 0 Å². The Morgan fingerprint density at radius 1 is 1.10 bits per heavy atom.